The molecule has 0 saturated carbocycles. The van der Waals surface area contributed by atoms with E-state index in [0.717, 1.165) is 17.7 Å². The van der Waals surface area contributed by atoms with Crippen molar-refractivity contribution in [2.24, 2.45) is 4.99 Å². The number of thioether (sulfide) groups is 1. The van der Waals surface area contributed by atoms with Gasteiger partial charge in [-0.2, -0.15) is 0 Å². The second-order valence-corrected chi connectivity index (χ2v) is 7.12. The molecule has 1 N–H and O–H groups in total. The predicted molar refractivity (Wildman–Crippen MR) is 115 cm³/mol. The number of ether oxygens (including phenoxy) is 1. The van der Waals surface area contributed by atoms with E-state index in [9.17, 15) is 9.90 Å². The van der Waals surface area contributed by atoms with Gasteiger partial charge < -0.3 is 9.84 Å². The molecule has 1 heterocycles. The number of amidine groups is 1. The van der Waals surface area contributed by atoms with Gasteiger partial charge in [0, 0.05) is 18.2 Å². The highest BCUT2D eigenvalue weighted by Gasteiger charge is 2.32. The Kier molecular flexibility index (Phi) is 6.55. The third kappa shape index (κ3) is 4.64. The molecule has 6 heteroatoms. The first-order chi connectivity index (χ1) is 13.6. The lowest BCUT2D eigenvalue weighted by Gasteiger charge is -2.12. The largest absolute Gasteiger partial charge is 0.508 e. The standard InChI is InChI=1S/C22H22N2O3S/c1-3-12-24-21(26)20(14-16-8-5-6-11-19(16)27-13-4-2)28-22(24)23-17-9-7-10-18(25)15-17/h3,5-11,14-15,25H,1,4,12-13H2,2H3/b20-14-,23-22?. The van der Waals surface area contributed by atoms with Crippen LogP contribution in [0.3, 0.4) is 0 Å². The van der Waals surface area contributed by atoms with Crippen molar-refractivity contribution >= 4 is 34.6 Å². The normalized spacial score (nSPS) is 16.8. The van der Waals surface area contributed by atoms with Gasteiger partial charge in [-0.15, -0.1) is 6.58 Å². The van der Waals surface area contributed by atoms with Crippen LogP contribution in [0.1, 0.15) is 18.9 Å². The Hall–Kier alpha value is -2.99. The van der Waals surface area contributed by atoms with Gasteiger partial charge in [0.15, 0.2) is 5.17 Å². The van der Waals surface area contributed by atoms with Crippen LogP contribution in [0.2, 0.25) is 0 Å². The van der Waals surface area contributed by atoms with Gasteiger partial charge in [0.1, 0.15) is 11.5 Å². The molecule has 1 fully saturated rings. The van der Waals surface area contributed by atoms with E-state index in [2.05, 4.69) is 18.5 Å². The molecule has 1 amide bonds. The fraction of sp³-hybridized carbons (Fsp3) is 0.182. The molecule has 0 atom stereocenters. The number of nitrogens with zero attached hydrogens (tertiary/aromatic N) is 2. The Labute approximate surface area is 169 Å². The molecular weight excluding hydrogens is 372 g/mol. The fourth-order valence-electron chi connectivity index (χ4n) is 2.64. The number of para-hydroxylation sites is 1. The Morgan fingerprint density at radius 2 is 2.07 bits per heavy atom. The quantitative estimate of drug-likeness (QED) is 0.532. The van der Waals surface area contributed by atoms with Crippen molar-refractivity contribution < 1.29 is 14.6 Å². The van der Waals surface area contributed by atoms with Gasteiger partial charge in [0.05, 0.1) is 17.2 Å². The zero-order valence-electron chi connectivity index (χ0n) is 15.7. The van der Waals surface area contributed by atoms with Crippen molar-refractivity contribution in [1.29, 1.82) is 0 Å². The van der Waals surface area contributed by atoms with Crippen LogP contribution in [0.4, 0.5) is 5.69 Å². The van der Waals surface area contributed by atoms with Crippen LogP contribution in [0.25, 0.3) is 6.08 Å². The lowest BCUT2D eigenvalue weighted by Crippen LogP contribution is -2.29. The lowest BCUT2D eigenvalue weighted by atomic mass is 10.2. The molecular formula is C22H22N2O3S. The molecule has 0 aromatic heterocycles. The molecule has 5 nitrogen and oxygen atoms in total. The Morgan fingerprint density at radius 3 is 2.82 bits per heavy atom. The van der Waals surface area contributed by atoms with Gasteiger partial charge in [-0.1, -0.05) is 37.3 Å². The van der Waals surface area contributed by atoms with Crippen LogP contribution in [-0.2, 0) is 4.79 Å². The highest BCUT2D eigenvalue weighted by atomic mass is 32.2. The number of phenols is 1. The number of hydrogen-bond acceptors (Lipinski definition) is 5. The van der Waals surface area contributed by atoms with Crippen molar-refractivity contribution in [2.45, 2.75) is 13.3 Å². The number of aromatic hydroxyl groups is 1. The average Bonchev–Trinajstić information content (AvgIpc) is 2.96. The third-order valence-corrected chi connectivity index (χ3v) is 4.93. The molecule has 0 aliphatic carbocycles. The molecule has 1 aliphatic heterocycles. The Balaban J connectivity index is 1.94. The number of phenolic OH excluding ortho intramolecular Hbond substituents is 1. The SMILES string of the molecule is C=CCN1C(=O)/C(=C/c2ccccc2OCCC)SC1=Nc1cccc(O)c1. The van der Waals surface area contributed by atoms with Crippen LogP contribution < -0.4 is 4.74 Å². The summed E-state index contributed by atoms with van der Waals surface area (Å²) < 4.78 is 5.79. The van der Waals surface area contributed by atoms with Crippen molar-refractivity contribution in [3.05, 3.63) is 71.7 Å². The third-order valence-electron chi connectivity index (χ3n) is 3.92. The first-order valence-electron chi connectivity index (χ1n) is 9.04. The zero-order valence-corrected chi connectivity index (χ0v) is 16.5. The van der Waals surface area contributed by atoms with Crippen molar-refractivity contribution in [2.75, 3.05) is 13.2 Å². The summed E-state index contributed by atoms with van der Waals surface area (Å²) in [6.07, 6.45) is 4.41. The number of aliphatic imine (C=N–C) groups is 1. The van der Waals surface area contributed by atoms with E-state index in [-0.39, 0.29) is 11.7 Å². The van der Waals surface area contributed by atoms with Gasteiger partial charge in [-0.25, -0.2) is 4.99 Å². The van der Waals surface area contributed by atoms with E-state index in [1.54, 1.807) is 35.2 Å². The molecule has 0 unspecified atom stereocenters. The van der Waals surface area contributed by atoms with Crippen LogP contribution in [-0.4, -0.2) is 34.2 Å². The predicted octanol–water partition coefficient (Wildman–Crippen LogP) is 4.97. The first-order valence-corrected chi connectivity index (χ1v) is 9.86. The maximum absolute atomic E-state index is 12.9. The topological polar surface area (TPSA) is 62.1 Å². The van der Waals surface area contributed by atoms with Crippen molar-refractivity contribution in [3.8, 4) is 11.5 Å². The van der Waals surface area contributed by atoms with Crippen LogP contribution >= 0.6 is 11.8 Å². The maximum Gasteiger partial charge on any atom is 0.267 e. The molecule has 0 bridgehead atoms. The average molecular weight is 394 g/mol. The van der Waals surface area contributed by atoms with Crippen LogP contribution in [0.5, 0.6) is 11.5 Å². The van der Waals surface area contributed by atoms with E-state index in [1.807, 2.05) is 30.3 Å². The van der Waals surface area contributed by atoms with Crippen molar-refractivity contribution in [3.63, 3.8) is 0 Å². The summed E-state index contributed by atoms with van der Waals surface area (Å²) in [7, 11) is 0. The van der Waals surface area contributed by atoms with Crippen molar-refractivity contribution in [1.82, 2.24) is 4.90 Å². The number of amides is 1. The molecule has 0 spiro atoms. The second kappa shape index (κ2) is 9.28. The van der Waals surface area contributed by atoms with E-state index in [4.69, 9.17) is 4.74 Å². The van der Waals surface area contributed by atoms with E-state index in [0.29, 0.717) is 28.9 Å². The Bertz CT molecular complexity index is 937. The smallest absolute Gasteiger partial charge is 0.267 e. The van der Waals surface area contributed by atoms with E-state index >= 15 is 0 Å². The summed E-state index contributed by atoms with van der Waals surface area (Å²) >= 11 is 1.30. The summed E-state index contributed by atoms with van der Waals surface area (Å²) in [5, 5.41) is 10.2. The van der Waals surface area contributed by atoms with Gasteiger partial charge in [-0.05, 0) is 42.5 Å². The summed E-state index contributed by atoms with van der Waals surface area (Å²) in [6.45, 7) is 6.76. The number of carbonyl (C=O) groups excluding carboxylic acids is 1. The molecule has 2 aromatic carbocycles. The Morgan fingerprint density at radius 1 is 1.25 bits per heavy atom. The molecule has 3 rings (SSSR count). The minimum atomic E-state index is -0.130. The monoisotopic (exact) mass is 394 g/mol. The zero-order chi connectivity index (χ0) is 19.9. The molecule has 2 aromatic rings. The van der Waals surface area contributed by atoms with Crippen LogP contribution in [0.15, 0.2) is 71.1 Å². The number of rotatable bonds is 7. The number of benzene rings is 2. The minimum absolute atomic E-state index is 0.129. The van der Waals surface area contributed by atoms with E-state index < -0.39 is 0 Å². The fourth-order valence-corrected chi connectivity index (χ4v) is 3.64. The molecule has 0 radical (unpaired) electrons. The highest BCUT2D eigenvalue weighted by molar-refractivity contribution is 8.18. The summed E-state index contributed by atoms with van der Waals surface area (Å²) in [6, 6.07) is 14.3. The van der Waals surface area contributed by atoms with Gasteiger partial charge in [-0.3, -0.25) is 9.69 Å². The maximum atomic E-state index is 12.9. The molecule has 1 aliphatic rings. The van der Waals surface area contributed by atoms with Crippen LogP contribution in [0, 0.1) is 0 Å². The number of hydrogen-bond donors (Lipinski definition) is 1. The lowest BCUT2D eigenvalue weighted by molar-refractivity contribution is -0.121. The summed E-state index contributed by atoms with van der Waals surface area (Å²) in [5.41, 5.74) is 1.43. The summed E-state index contributed by atoms with van der Waals surface area (Å²) in [4.78, 5) is 19.6. The first kappa shape index (κ1) is 19.8. The molecule has 1 saturated heterocycles. The molecule has 28 heavy (non-hydrogen) atoms. The van der Waals surface area contributed by atoms with Gasteiger partial charge >= 0.3 is 0 Å². The second-order valence-electron chi connectivity index (χ2n) is 6.12. The van der Waals surface area contributed by atoms with Gasteiger partial charge in [0.25, 0.3) is 5.91 Å². The van der Waals surface area contributed by atoms with E-state index in [1.165, 1.54) is 11.8 Å². The van der Waals surface area contributed by atoms with Gasteiger partial charge in [0.2, 0.25) is 0 Å². The minimum Gasteiger partial charge on any atom is -0.508 e. The number of carbonyl (C=O) groups is 1. The highest BCUT2D eigenvalue weighted by Crippen LogP contribution is 2.35. The summed E-state index contributed by atoms with van der Waals surface area (Å²) in [5.74, 6) is 0.747. The molecule has 144 valence electrons.